The number of benzene rings is 2. The first kappa shape index (κ1) is 24.4. The lowest BCUT2D eigenvalue weighted by atomic mass is 10.1. The molecule has 5 heteroatoms. The van der Waals surface area contributed by atoms with E-state index in [1.807, 2.05) is 77.9 Å². The zero-order chi connectivity index (χ0) is 23.0. The van der Waals surface area contributed by atoms with E-state index in [2.05, 4.69) is 11.4 Å². The van der Waals surface area contributed by atoms with E-state index < -0.39 is 6.04 Å². The average Bonchev–Trinajstić information content (AvgIpc) is 2.75. The first-order valence-electron chi connectivity index (χ1n) is 11.1. The van der Waals surface area contributed by atoms with Crippen LogP contribution in [0.2, 0.25) is 0 Å². The molecule has 0 unspecified atom stereocenters. The van der Waals surface area contributed by atoms with Gasteiger partial charge in [0.15, 0.2) is 6.61 Å². The predicted octanol–water partition coefficient (Wildman–Crippen LogP) is 4.71. The number of ether oxygens (including phenoxy) is 1. The second-order valence-electron chi connectivity index (χ2n) is 8.24. The smallest absolute Gasteiger partial charge is 0.261 e. The Morgan fingerprint density at radius 3 is 2.32 bits per heavy atom. The molecule has 0 spiro atoms. The van der Waals surface area contributed by atoms with Crippen LogP contribution in [0.5, 0.6) is 5.75 Å². The number of carbonyl (C=O) groups is 2. The van der Waals surface area contributed by atoms with Crippen LogP contribution in [0.1, 0.15) is 55.9 Å². The number of hydrogen-bond acceptors (Lipinski definition) is 3. The number of nitrogens with zero attached hydrogens (tertiary/aromatic N) is 1. The van der Waals surface area contributed by atoms with Gasteiger partial charge < -0.3 is 15.0 Å². The maximum absolute atomic E-state index is 13.3. The molecule has 0 saturated carbocycles. The Morgan fingerprint density at radius 2 is 1.71 bits per heavy atom. The summed E-state index contributed by atoms with van der Waals surface area (Å²) in [6.45, 7) is 12.2. The minimum Gasteiger partial charge on any atom is -0.483 e. The first-order valence-corrected chi connectivity index (χ1v) is 11.1. The Morgan fingerprint density at radius 1 is 1.03 bits per heavy atom. The maximum atomic E-state index is 13.3. The van der Waals surface area contributed by atoms with Crippen molar-refractivity contribution in [2.75, 3.05) is 6.61 Å². The summed E-state index contributed by atoms with van der Waals surface area (Å²) in [4.78, 5) is 27.9. The fourth-order valence-corrected chi connectivity index (χ4v) is 3.51. The van der Waals surface area contributed by atoms with Crippen LogP contribution in [-0.4, -0.2) is 35.4 Å². The van der Waals surface area contributed by atoms with Crippen LogP contribution in [0.4, 0.5) is 0 Å². The van der Waals surface area contributed by atoms with Gasteiger partial charge in [-0.2, -0.15) is 0 Å². The summed E-state index contributed by atoms with van der Waals surface area (Å²) in [6, 6.07) is 13.3. The number of nitrogens with one attached hydrogen (secondary N) is 1. The summed E-state index contributed by atoms with van der Waals surface area (Å²) >= 11 is 0. The van der Waals surface area contributed by atoms with E-state index in [0.717, 1.165) is 28.7 Å². The van der Waals surface area contributed by atoms with Crippen LogP contribution in [0.25, 0.3) is 0 Å². The van der Waals surface area contributed by atoms with Crippen molar-refractivity contribution in [3.8, 4) is 5.75 Å². The molecule has 0 aliphatic carbocycles. The zero-order valence-electron chi connectivity index (χ0n) is 19.7. The van der Waals surface area contributed by atoms with Gasteiger partial charge in [0.1, 0.15) is 11.8 Å². The van der Waals surface area contributed by atoms with E-state index in [-0.39, 0.29) is 24.5 Å². The second kappa shape index (κ2) is 11.5. The van der Waals surface area contributed by atoms with Crippen LogP contribution in [0, 0.1) is 20.8 Å². The standard InChI is InChI=1S/C26H36N2O3/c1-7-20(5)27-26(30)23(8-2)28(16-22-12-10-9-11-13-22)25(29)17-31-24-15-18(3)14-19(4)21(24)6/h9-15,20,23H,7-8,16-17H2,1-6H3,(H,27,30)/t20-,23-/m0/s1. The fourth-order valence-electron chi connectivity index (χ4n) is 3.51. The number of amides is 2. The molecule has 5 nitrogen and oxygen atoms in total. The molecule has 0 saturated heterocycles. The third-order valence-electron chi connectivity index (χ3n) is 5.70. The van der Waals surface area contributed by atoms with Gasteiger partial charge in [-0.15, -0.1) is 0 Å². The first-order chi connectivity index (χ1) is 14.8. The normalized spacial score (nSPS) is 12.7. The van der Waals surface area contributed by atoms with Gasteiger partial charge in [0.05, 0.1) is 0 Å². The van der Waals surface area contributed by atoms with Crippen LogP contribution < -0.4 is 10.1 Å². The van der Waals surface area contributed by atoms with Gasteiger partial charge in [0, 0.05) is 12.6 Å². The van der Waals surface area contributed by atoms with Gasteiger partial charge >= 0.3 is 0 Å². The van der Waals surface area contributed by atoms with Gasteiger partial charge in [-0.25, -0.2) is 0 Å². The van der Waals surface area contributed by atoms with Crippen molar-refractivity contribution in [2.24, 2.45) is 0 Å². The van der Waals surface area contributed by atoms with E-state index in [9.17, 15) is 9.59 Å². The molecule has 0 aliphatic heterocycles. The number of rotatable bonds is 10. The Kier molecular flexibility index (Phi) is 9.10. The van der Waals surface area contributed by atoms with E-state index in [1.165, 1.54) is 0 Å². The predicted molar refractivity (Wildman–Crippen MR) is 125 cm³/mol. The Labute approximate surface area is 186 Å². The Bertz CT molecular complexity index is 880. The van der Waals surface area contributed by atoms with Crippen molar-refractivity contribution < 1.29 is 14.3 Å². The molecule has 0 fully saturated rings. The molecule has 0 bridgehead atoms. The van der Waals surface area contributed by atoms with Gasteiger partial charge in [-0.05, 0) is 68.9 Å². The molecule has 2 aromatic rings. The van der Waals surface area contributed by atoms with Gasteiger partial charge in [0.25, 0.3) is 5.91 Å². The Balaban J connectivity index is 2.24. The van der Waals surface area contributed by atoms with Gasteiger partial charge in [-0.3, -0.25) is 9.59 Å². The lowest BCUT2D eigenvalue weighted by Crippen LogP contribution is -2.51. The minimum absolute atomic E-state index is 0.0596. The van der Waals surface area contributed by atoms with E-state index >= 15 is 0 Å². The van der Waals surface area contributed by atoms with E-state index in [0.29, 0.717) is 18.7 Å². The molecular formula is C26H36N2O3. The fraction of sp³-hybridized carbons (Fsp3) is 0.462. The summed E-state index contributed by atoms with van der Waals surface area (Å²) in [6.07, 6.45) is 1.37. The molecule has 2 aromatic carbocycles. The SMILES string of the molecule is CC[C@H](C)NC(=O)[C@H](CC)N(Cc1ccccc1)C(=O)COc1cc(C)cc(C)c1C. The quantitative estimate of drug-likeness (QED) is 0.601. The summed E-state index contributed by atoms with van der Waals surface area (Å²) in [7, 11) is 0. The summed E-state index contributed by atoms with van der Waals surface area (Å²) in [5.41, 5.74) is 4.22. The molecule has 0 aromatic heterocycles. The molecule has 1 N–H and O–H groups in total. The maximum Gasteiger partial charge on any atom is 0.261 e. The van der Waals surface area contributed by atoms with Crippen LogP contribution in [0.15, 0.2) is 42.5 Å². The molecule has 0 heterocycles. The van der Waals surface area contributed by atoms with Gasteiger partial charge in [-0.1, -0.05) is 50.2 Å². The van der Waals surface area contributed by atoms with E-state index in [4.69, 9.17) is 4.74 Å². The zero-order valence-corrected chi connectivity index (χ0v) is 19.7. The minimum atomic E-state index is -0.550. The third kappa shape index (κ3) is 6.84. The van der Waals surface area contributed by atoms with Crippen LogP contribution in [-0.2, 0) is 16.1 Å². The molecule has 31 heavy (non-hydrogen) atoms. The molecule has 2 rings (SSSR count). The van der Waals surface area contributed by atoms with Gasteiger partial charge in [0.2, 0.25) is 5.91 Å². The molecular weight excluding hydrogens is 388 g/mol. The molecule has 0 aliphatic rings. The van der Waals surface area contributed by atoms with Crippen molar-refractivity contribution in [3.63, 3.8) is 0 Å². The number of hydrogen-bond donors (Lipinski definition) is 1. The highest BCUT2D eigenvalue weighted by Crippen LogP contribution is 2.23. The van der Waals surface area contributed by atoms with Crippen LogP contribution in [0.3, 0.4) is 0 Å². The van der Waals surface area contributed by atoms with Crippen LogP contribution >= 0.6 is 0 Å². The second-order valence-corrected chi connectivity index (χ2v) is 8.24. The van der Waals surface area contributed by atoms with E-state index in [1.54, 1.807) is 4.90 Å². The number of aryl methyl sites for hydroxylation is 2. The molecule has 2 atom stereocenters. The monoisotopic (exact) mass is 424 g/mol. The lowest BCUT2D eigenvalue weighted by Gasteiger charge is -2.31. The highest BCUT2D eigenvalue weighted by molar-refractivity contribution is 5.88. The average molecular weight is 425 g/mol. The summed E-state index contributed by atoms with van der Waals surface area (Å²) < 4.78 is 5.93. The third-order valence-corrected chi connectivity index (χ3v) is 5.70. The van der Waals surface area contributed by atoms with Crippen molar-refractivity contribution in [2.45, 2.75) is 73.0 Å². The summed E-state index contributed by atoms with van der Waals surface area (Å²) in [5.74, 6) is 0.389. The topological polar surface area (TPSA) is 58.6 Å². The highest BCUT2D eigenvalue weighted by atomic mass is 16.5. The van der Waals surface area contributed by atoms with Crippen molar-refractivity contribution in [3.05, 3.63) is 64.7 Å². The Hall–Kier alpha value is -2.82. The van der Waals surface area contributed by atoms with Crippen molar-refractivity contribution in [1.82, 2.24) is 10.2 Å². The lowest BCUT2D eigenvalue weighted by molar-refractivity contribution is -0.143. The largest absolute Gasteiger partial charge is 0.483 e. The number of carbonyl (C=O) groups excluding carboxylic acids is 2. The molecule has 168 valence electrons. The highest BCUT2D eigenvalue weighted by Gasteiger charge is 2.29. The van der Waals surface area contributed by atoms with Crippen molar-refractivity contribution >= 4 is 11.8 Å². The molecule has 0 radical (unpaired) electrons. The van der Waals surface area contributed by atoms with Crippen molar-refractivity contribution in [1.29, 1.82) is 0 Å². The summed E-state index contributed by atoms with van der Waals surface area (Å²) in [5, 5.41) is 3.03. The molecule has 2 amide bonds.